The number of unbranched alkanes of at least 4 members (excludes halogenated alkanes) is 41. The molecule has 0 spiro atoms. The number of ether oxygens (including phenoxy) is 4. The summed E-state index contributed by atoms with van der Waals surface area (Å²) in [5.74, 6) is 0.0566. The molecule has 0 aliphatic heterocycles. The second kappa shape index (κ2) is 66.6. The highest BCUT2D eigenvalue weighted by Gasteiger charge is 2.30. The van der Waals surface area contributed by atoms with Crippen LogP contribution >= 0.6 is 15.6 Å². The molecule has 17 nitrogen and oxygen atoms in total. The first-order valence-electron chi connectivity index (χ1n) is 39.4. The molecule has 0 heterocycles. The van der Waals surface area contributed by atoms with E-state index in [2.05, 4.69) is 48.5 Å². The maximum atomic E-state index is 13.1. The first-order chi connectivity index (χ1) is 45.8. The zero-order chi connectivity index (χ0) is 70.1. The van der Waals surface area contributed by atoms with Gasteiger partial charge in [0.25, 0.3) is 0 Å². The van der Waals surface area contributed by atoms with E-state index < -0.39 is 97.5 Å². The van der Waals surface area contributed by atoms with Gasteiger partial charge in [-0.25, -0.2) is 9.13 Å². The van der Waals surface area contributed by atoms with Crippen LogP contribution in [0, 0.1) is 17.8 Å². The predicted octanol–water partition coefficient (Wildman–Crippen LogP) is 22.2. The fraction of sp³-hybridized carbons (Fsp3) is 0.947. The Hall–Kier alpha value is -1.94. The first-order valence-corrected chi connectivity index (χ1v) is 42.4. The van der Waals surface area contributed by atoms with Crippen molar-refractivity contribution in [2.45, 2.75) is 407 Å². The minimum atomic E-state index is -4.96. The molecular formula is C76H148O17P2. The number of carbonyl (C=O) groups excluding carboxylic acids is 4. The smallest absolute Gasteiger partial charge is 0.462 e. The molecule has 6 atom stereocenters. The standard InChI is InChI=1S/C76H148O17P2/c1-8-10-11-12-13-14-15-16-17-18-19-20-21-22-23-24-29-32-35-45-52-59-75(80)92-71(63-86-73(78)57-50-43-34-31-28-26-25-27-30-33-40-47-54-67(3)4)65-90-94(82,83)88-61-70(77)62-89-95(84,85)91-66-72(64-87-74(79)58-51-44-38-36-41-48-55-68(5)6)93-76(81)60-53-46-39-37-42-49-56-69(7)9-2/h67-72,77H,8-66H2,1-7H3,(H,82,83)(H,84,85)/t69?,70-,71-,72-/m1/s1. The van der Waals surface area contributed by atoms with E-state index in [1.165, 1.54) is 193 Å². The zero-order valence-corrected chi connectivity index (χ0v) is 63.9. The Balaban J connectivity index is 5.19. The van der Waals surface area contributed by atoms with Gasteiger partial charge in [0.05, 0.1) is 26.4 Å². The van der Waals surface area contributed by atoms with Crippen LogP contribution in [0.2, 0.25) is 0 Å². The number of esters is 4. The summed E-state index contributed by atoms with van der Waals surface area (Å²) in [6.45, 7) is 11.8. The average molecular weight is 1400 g/mol. The molecule has 0 aromatic carbocycles. The van der Waals surface area contributed by atoms with E-state index in [0.29, 0.717) is 31.6 Å². The first kappa shape index (κ1) is 93.1. The lowest BCUT2D eigenvalue weighted by atomic mass is 10.00. The Kier molecular flexibility index (Phi) is 65.2. The van der Waals surface area contributed by atoms with Crippen LogP contribution in [0.3, 0.4) is 0 Å². The summed E-state index contributed by atoms with van der Waals surface area (Å²) in [6, 6.07) is 0. The summed E-state index contributed by atoms with van der Waals surface area (Å²) in [5.41, 5.74) is 0. The van der Waals surface area contributed by atoms with Crippen LogP contribution < -0.4 is 0 Å². The summed E-state index contributed by atoms with van der Waals surface area (Å²) in [4.78, 5) is 72.7. The van der Waals surface area contributed by atoms with Gasteiger partial charge >= 0.3 is 39.5 Å². The molecule has 564 valence electrons. The molecule has 0 rings (SSSR count). The normalized spacial score (nSPS) is 14.4. The molecule has 0 aromatic heterocycles. The van der Waals surface area contributed by atoms with E-state index in [1.54, 1.807) is 0 Å². The minimum absolute atomic E-state index is 0.102. The quantitative estimate of drug-likeness (QED) is 0.0222. The van der Waals surface area contributed by atoms with Crippen molar-refractivity contribution < 1.29 is 80.2 Å². The Labute approximate surface area is 581 Å². The summed E-state index contributed by atoms with van der Waals surface area (Å²) in [6.07, 6.45) is 53.1. The number of aliphatic hydroxyl groups excluding tert-OH is 1. The van der Waals surface area contributed by atoms with E-state index in [9.17, 15) is 43.2 Å². The van der Waals surface area contributed by atoms with E-state index in [0.717, 1.165) is 108 Å². The van der Waals surface area contributed by atoms with E-state index >= 15 is 0 Å². The topological polar surface area (TPSA) is 237 Å². The van der Waals surface area contributed by atoms with Gasteiger partial charge in [-0.05, 0) is 43.4 Å². The number of aliphatic hydroxyl groups is 1. The molecule has 95 heavy (non-hydrogen) atoms. The van der Waals surface area contributed by atoms with Gasteiger partial charge in [-0.2, -0.15) is 0 Å². The van der Waals surface area contributed by atoms with Crippen LogP contribution in [0.4, 0.5) is 0 Å². The lowest BCUT2D eigenvalue weighted by molar-refractivity contribution is -0.161. The van der Waals surface area contributed by atoms with Crippen molar-refractivity contribution in [1.82, 2.24) is 0 Å². The number of hydrogen-bond acceptors (Lipinski definition) is 15. The molecule has 19 heteroatoms. The summed E-state index contributed by atoms with van der Waals surface area (Å²) in [5, 5.41) is 10.6. The molecule has 0 bridgehead atoms. The van der Waals surface area contributed by atoms with Crippen LogP contribution in [0.5, 0.6) is 0 Å². The monoisotopic (exact) mass is 1400 g/mol. The number of rotatable bonds is 74. The van der Waals surface area contributed by atoms with Crippen LogP contribution in [0.15, 0.2) is 0 Å². The molecule has 0 saturated heterocycles. The molecule has 0 aliphatic rings. The average Bonchev–Trinajstić information content (AvgIpc) is 1.68. The molecule has 3 N–H and O–H groups in total. The van der Waals surface area contributed by atoms with Crippen molar-refractivity contribution in [1.29, 1.82) is 0 Å². The fourth-order valence-electron chi connectivity index (χ4n) is 11.6. The molecule has 0 saturated carbocycles. The summed E-state index contributed by atoms with van der Waals surface area (Å²) in [7, 11) is -9.91. The van der Waals surface area contributed by atoms with Crippen LogP contribution in [0.25, 0.3) is 0 Å². The van der Waals surface area contributed by atoms with Gasteiger partial charge in [0.2, 0.25) is 0 Å². The van der Waals surface area contributed by atoms with Crippen LogP contribution in [-0.4, -0.2) is 96.7 Å². The van der Waals surface area contributed by atoms with Crippen molar-refractivity contribution in [3.8, 4) is 0 Å². The van der Waals surface area contributed by atoms with E-state index in [-0.39, 0.29) is 25.7 Å². The Morgan fingerprint density at radius 2 is 0.537 bits per heavy atom. The molecule has 0 radical (unpaired) electrons. The van der Waals surface area contributed by atoms with Gasteiger partial charge in [-0.3, -0.25) is 37.3 Å². The van der Waals surface area contributed by atoms with E-state index in [1.807, 2.05) is 0 Å². The van der Waals surface area contributed by atoms with Crippen LogP contribution in [0.1, 0.15) is 389 Å². The van der Waals surface area contributed by atoms with Crippen molar-refractivity contribution in [2.24, 2.45) is 17.8 Å². The van der Waals surface area contributed by atoms with Crippen molar-refractivity contribution >= 4 is 39.5 Å². The highest BCUT2D eigenvalue weighted by atomic mass is 31.2. The molecule has 0 aromatic rings. The van der Waals surface area contributed by atoms with Crippen molar-refractivity contribution in [3.05, 3.63) is 0 Å². The number of hydrogen-bond donors (Lipinski definition) is 3. The van der Waals surface area contributed by atoms with Gasteiger partial charge in [0.1, 0.15) is 19.3 Å². The molecule has 3 unspecified atom stereocenters. The molecule has 0 aliphatic carbocycles. The Bertz CT molecular complexity index is 1850. The maximum absolute atomic E-state index is 13.1. The van der Waals surface area contributed by atoms with Crippen LogP contribution in [-0.2, 0) is 65.4 Å². The minimum Gasteiger partial charge on any atom is -0.462 e. The maximum Gasteiger partial charge on any atom is 0.472 e. The van der Waals surface area contributed by atoms with Crippen molar-refractivity contribution in [2.75, 3.05) is 39.6 Å². The molecular weight excluding hydrogens is 1250 g/mol. The van der Waals surface area contributed by atoms with Gasteiger partial charge < -0.3 is 33.8 Å². The molecule has 0 fully saturated rings. The number of phosphoric acid groups is 2. The Morgan fingerprint density at radius 1 is 0.305 bits per heavy atom. The fourth-order valence-corrected chi connectivity index (χ4v) is 13.1. The second-order valence-corrected chi connectivity index (χ2v) is 31.5. The third-order valence-electron chi connectivity index (χ3n) is 18.0. The van der Waals surface area contributed by atoms with Gasteiger partial charge in [-0.15, -0.1) is 0 Å². The van der Waals surface area contributed by atoms with Gasteiger partial charge in [-0.1, -0.05) is 337 Å². The number of phosphoric ester groups is 2. The Morgan fingerprint density at radius 3 is 0.800 bits per heavy atom. The highest BCUT2D eigenvalue weighted by Crippen LogP contribution is 2.45. The summed E-state index contributed by atoms with van der Waals surface area (Å²) < 4.78 is 68.4. The largest absolute Gasteiger partial charge is 0.472 e. The van der Waals surface area contributed by atoms with Crippen molar-refractivity contribution in [3.63, 3.8) is 0 Å². The van der Waals surface area contributed by atoms with Gasteiger partial charge in [0, 0.05) is 25.7 Å². The lowest BCUT2D eigenvalue weighted by Crippen LogP contribution is -2.30. The zero-order valence-electron chi connectivity index (χ0n) is 62.1. The van der Waals surface area contributed by atoms with Gasteiger partial charge in [0.15, 0.2) is 12.2 Å². The predicted molar refractivity (Wildman–Crippen MR) is 386 cm³/mol. The second-order valence-electron chi connectivity index (χ2n) is 28.6. The lowest BCUT2D eigenvalue weighted by Gasteiger charge is -2.21. The SMILES string of the molecule is CCCCCCCCCCCCCCCCCCCCCCCC(=O)O[C@H](COC(=O)CCCCCCCCCCCCCCC(C)C)COP(=O)(O)OC[C@@H](O)COP(=O)(O)OC[C@@H](COC(=O)CCCCCCCCC(C)C)OC(=O)CCCCCCCCC(C)CC. The number of carbonyl (C=O) groups is 4. The molecule has 0 amide bonds. The third-order valence-corrected chi connectivity index (χ3v) is 19.9. The highest BCUT2D eigenvalue weighted by molar-refractivity contribution is 7.47. The van der Waals surface area contributed by atoms with E-state index in [4.69, 9.17) is 37.0 Å². The summed E-state index contributed by atoms with van der Waals surface area (Å²) >= 11 is 0. The third kappa shape index (κ3) is 69.0.